The number of ether oxygens (including phenoxy) is 1. The van der Waals surface area contributed by atoms with Crippen LogP contribution in [0.2, 0.25) is 0 Å². The summed E-state index contributed by atoms with van der Waals surface area (Å²) in [6.45, 7) is 0. The Morgan fingerprint density at radius 1 is 1.54 bits per heavy atom. The van der Waals surface area contributed by atoms with E-state index in [1.165, 1.54) is 7.11 Å². The lowest BCUT2D eigenvalue weighted by molar-refractivity contribution is 0.138. The molecule has 1 fully saturated rings. The van der Waals surface area contributed by atoms with Gasteiger partial charge in [-0.1, -0.05) is 0 Å². The van der Waals surface area contributed by atoms with Crippen molar-refractivity contribution in [2.75, 3.05) is 18.6 Å². The first kappa shape index (κ1) is 10.3. The minimum Gasteiger partial charge on any atom is -0.453 e. The first-order valence-electron chi connectivity index (χ1n) is 3.67. The van der Waals surface area contributed by atoms with Gasteiger partial charge in [-0.25, -0.2) is 13.2 Å². The Kier molecular flexibility index (Phi) is 2.77. The molecule has 2 atom stereocenters. The van der Waals surface area contributed by atoms with Crippen LogP contribution in [0.15, 0.2) is 0 Å². The summed E-state index contributed by atoms with van der Waals surface area (Å²) in [5, 5.41) is 11.5. The second kappa shape index (κ2) is 3.51. The van der Waals surface area contributed by atoms with Crippen LogP contribution in [0.1, 0.15) is 0 Å². The molecule has 7 heteroatoms. The maximum atomic E-state index is 11.0. The number of carbonyl (C=O) groups is 1. The number of hydrogen-bond acceptors (Lipinski definition) is 5. The van der Waals surface area contributed by atoms with Crippen LogP contribution in [0, 0.1) is 0 Å². The van der Waals surface area contributed by atoms with E-state index < -0.39 is 28.1 Å². The number of aliphatic hydroxyl groups is 1. The van der Waals surface area contributed by atoms with E-state index in [4.69, 9.17) is 0 Å². The van der Waals surface area contributed by atoms with Crippen molar-refractivity contribution in [2.45, 2.75) is 12.1 Å². The van der Waals surface area contributed by atoms with E-state index in [1.807, 2.05) is 0 Å². The SMILES string of the molecule is COC(=O)N[C@@H]1CS(=O)(=O)C[C@@H]1O. The van der Waals surface area contributed by atoms with E-state index in [0.717, 1.165) is 0 Å². The quantitative estimate of drug-likeness (QED) is 0.548. The second-order valence-corrected chi connectivity index (χ2v) is 5.04. The largest absolute Gasteiger partial charge is 0.453 e. The fourth-order valence-corrected chi connectivity index (χ4v) is 2.92. The van der Waals surface area contributed by atoms with Gasteiger partial charge in [0.1, 0.15) is 0 Å². The molecule has 0 spiro atoms. The fraction of sp³-hybridized carbons (Fsp3) is 0.833. The summed E-state index contributed by atoms with van der Waals surface area (Å²) < 4.78 is 26.2. The summed E-state index contributed by atoms with van der Waals surface area (Å²) >= 11 is 0. The van der Waals surface area contributed by atoms with Gasteiger partial charge in [0.05, 0.1) is 30.8 Å². The van der Waals surface area contributed by atoms with Gasteiger partial charge in [0, 0.05) is 0 Å². The number of nitrogens with one attached hydrogen (secondary N) is 1. The van der Waals surface area contributed by atoms with Crippen LogP contribution in [0.4, 0.5) is 4.79 Å². The molecule has 1 saturated heterocycles. The van der Waals surface area contributed by atoms with Crippen molar-refractivity contribution in [2.24, 2.45) is 0 Å². The standard InChI is InChI=1S/C6H11NO5S/c1-12-6(9)7-4-2-13(10,11)3-5(4)8/h4-5,8H,2-3H2,1H3,(H,7,9)/t4-,5+/m1/s1. The molecule has 0 unspecified atom stereocenters. The molecule has 0 aliphatic carbocycles. The normalized spacial score (nSPS) is 31.2. The van der Waals surface area contributed by atoms with Crippen LogP contribution < -0.4 is 5.32 Å². The predicted molar refractivity (Wildman–Crippen MR) is 44.0 cm³/mol. The van der Waals surface area contributed by atoms with E-state index >= 15 is 0 Å². The van der Waals surface area contributed by atoms with Crippen LogP contribution in [0.3, 0.4) is 0 Å². The van der Waals surface area contributed by atoms with Crippen molar-refractivity contribution >= 4 is 15.9 Å². The first-order valence-corrected chi connectivity index (χ1v) is 5.50. The summed E-state index contributed by atoms with van der Waals surface area (Å²) in [5.74, 6) is -0.537. The molecule has 1 aliphatic heterocycles. The van der Waals surface area contributed by atoms with Crippen molar-refractivity contribution in [1.29, 1.82) is 0 Å². The minimum atomic E-state index is -3.22. The van der Waals surface area contributed by atoms with Gasteiger partial charge in [0.25, 0.3) is 0 Å². The average Bonchev–Trinajstić information content (AvgIpc) is 2.24. The van der Waals surface area contributed by atoms with Crippen LogP contribution >= 0.6 is 0 Å². The molecule has 2 N–H and O–H groups in total. The molecule has 76 valence electrons. The molecule has 0 aromatic rings. The van der Waals surface area contributed by atoms with E-state index in [1.54, 1.807) is 0 Å². The van der Waals surface area contributed by atoms with E-state index in [9.17, 15) is 18.3 Å². The third kappa shape index (κ3) is 2.56. The Labute approximate surface area is 75.8 Å². The van der Waals surface area contributed by atoms with Crippen LogP contribution in [0.5, 0.6) is 0 Å². The number of rotatable bonds is 1. The van der Waals surface area contributed by atoms with E-state index in [2.05, 4.69) is 10.1 Å². The first-order chi connectivity index (χ1) is 5.94. The van der Waals surface area contributed by atoms with E-state index in [-0.39, 0.29) is 11.5 Å². The maximum absolute atomic E-state index is 11.0. The van der Waals surface area contributed by atoms with Crippen molar-refractivity contribution < 1.29 is 23.1 Å². The zero-order valence-corrected chi connectivity index (χ0v) is 7.87. The molecule has 0 saturated carbocycles. The highest BCUT2D eigenvalue weighted by molar-refractivity contribution is 7.91. The Morgan fingerprint density at radius 3 is 2.54 bits per heavy atom. The lowest BCUT2D eigenvalue weighted by Gasteiger charge is -2.12. The van der Waals surface area contributed by atoms with Gasteiger partial charge in [0.15, 0.2) is 9.84 Å². The van der Waals surface area contributed by atoms with Gasteiger partial charge in [-0.3, -0.25) is 0 Å². The lowest BCUT2D eigenvalue weighted by atomic mass is 10.2. The molecule has 0 bridgehead atoms. The monoisotopic (exact) mass is 209 g/mol. The van der Waals surface area contributed by atoms with Gasteiger partial charge in [-0.05, 0) is 0 Å². The smallest absolute Gasteiger partial charge is 0.407 e. The van der Waals surface area contributed by atoms with Gasteiger partial charge in [0.2, 0.25) is 0 Å². The Hall–Kier alpha value is -0.820. The summed E-state index contributed by atoms with van der Waals surface area (Å²) in [6.07, 6.45) is -1.77. The molecular weight excluding hydrogens is 198 g/mol. The van der Waals surface area contributed by atoms with Crippen molar-refractivity contribution in [3.8, 4) is 0 Å². The number of amides is 1. The van der Waals surface area contributed by atoms with Gasteiger partial charge in [-0.15, -0.1) is 0 Å². The number of aliphatic hydroxyl groups excluding tert-OH is 1. The van der Waals surface area contributed by atoms with Crippen LogP contribution in [0.25, 0.3) is 0 Å². The number of carbonyl (C=O) groups excluding carboxylic acids is 1. The lowest BCUT2D eigenvalue weighted by Crippen LogP contribution is -2.42. The van der Waals surface area contributed by atoms with Gasteiger partial charge < -0.3 is 15.2 Å². The molecule has 1 aliphatic rings. The van der Waals surface area contributed by atoms with Crippen molar-refractivity contribution in [1.82, 2.24) is 5.32 Å². The molecular formula is C6H11NO5S. The highest BCUT2D eigenvalue weighted by Crippen LogP contribution is 2.12. The summed E-state index contributed by atoms with van der Waals surface area (Å²) in [6, 6.07) is -0.752. The summed E-state index contributed by atoms with van der Waals surface area (Å²) in [7, 11) is -2.05. The Morgan fingerprint density at radius 2 is 2.15 bits per heavy atom. The van der Waals surface area contributed by atoms with Crippen molar-refractivity contribution in [3.05, 3.63) is 0 Å². The van der Waals surface area contributed by atoms with Crippen LogP contribution in [-0.2, 0) is 14.6 Å². The molecule has 6 nitrogen and oxygen atoms in total. The second-order valence-electron chi connectivity index (χ2n) is 2.89. The number of sulfone groups is 1. The topological polar surface area (TPSA) is 92.7 Å². The molecule has 1 heterocycles. The highest BCUT2D eigenvalue weighted by Gasteiger charge is 2.37. The van der Waals surface area contributed by atoms with Gasteiger partial charge in [-0.2, -0.15) is 0 Å². The van der Waals surface area contributed by atoms with Crippen molar-refractivity contribution in [3.63, 3.8) is 0 Å². The Bertz CT molecular complexity index is 298. The average molecular weight is 209 g/mol. The number of methoxy groups -OCH3 is 1. The Balaban J connectivity index is 2.59. The zero-order valence-electron chi connectivity index (χ0n) is 7.06. The van der Waals surface area contributed by atoms with Gasteiger partial charge >= 0.3 is 6.09 Å². The molecule has 0 radical (unpaired) electrons. The molecule has 0 aromatic heterocycles. The third-order valence-electron chi connectivity index (χ3n) is 1.81. The third-order valence-corrected chi connectivity index (χ3v) is 3.53. The van der Waals surface area contributed by atoms with E-state index in [0.29, 0.717) is 0 Å². The fourth-order valence-electron chi connectivity index (χ4n) is 1.18. The highest BCUT2D eigenvalue weighted by atomic mass is 32.2. The zero-order chi connectivity index (χ0) is 10.1. The number of alkyl carbamates (subject to hydrolysis) is 1. The molecule has 1 rings (SSSR count). The molecule has 0 aromatic carbocycles. The van der Waals surface area contributed by atoms with Crippen LogP contribution in [-0.4, -0.2) is 50.4 Å². The maximum Gasteiger partial charge on any atom is 0.407 e. The molecule has 1 amide bonds. The summed E-state index contributed by atoms with van der Waals surface area (Å²) in [5.41, 5.74) is 0. The minimum absolute atomic E-state index is 0.233. The predicted octanol–water partition coefficient (Wildman–Crippen LogP) is -1.50. The number of hydrogen-bond donors (Lipinski definition) is 2. The summed E-state index contributed by atoms with van der Waals surface area (Å²) in [4.78, 5) is 10.7. The molecule has 13 heavy (non-hydrogen) atoms.